The lowest BCUT2D eigenvalue weighted by Crippen LogP contribution is -2.44. The number of nitrogens with zero attached hydrogens (tertiary/aromatic N) is 1. The Labute approximate surface area is 151 Å². The maximum atomic E-state index is 11.9. The lowest BCUT2D eigenvalue weighted by Gasteiger charge is -2.28. The topological polar surface area (TPSA) is 83.5 Å². The van der Waals surface area contributed by atoms with Crippen molar-refractivity contribution in [1.82, 2.24) is 4.90 Å². The molecule has 0 bridgehead atoms. The summed E-state index contributed by atoms with van der Waals surface area (Å²) in [5.74, 6) is -0.527. The lowest BCUT2D eigenvalue weighted by molar-refractivity contribution is -0.152. The Balaban J connectivity index is 4.70. The van der Waals surface area contributed by atoms with Crippen molar-refractivity contribution in [2.75, 3.05) is 47.6 Å². The molecule has 1 atom stereocenters. The average molecular weight is 378 g/mol. The minimum Gasteiger partial charge on any atom is -0.458 e. The van der Waals surface area contributed by atoms with Crippen molar-refractivity contribution in [3.05, 3.63) is 12.7 Å². The van der Waals surface area contributed by atoms with Gasteiger partial charge in [-0.2, -0.15) is 0 Å². The molecule has 9 heteroatoms. The Morgan fingerprint density at radius 2 is 1.76 bits per heavy atom. The van der Waals surface area contributed by atoms with Gasteiger partial charge in [-0.3, -0.25) is 9.59 Å². The van der Waals surface area contributed by atoms with Crippen LogP contribution in [0, 0.1) is 0 Å². The van der Waals surface area contributed by atoms with Crippen LogP contribution in [0.5, 0.6) is 0 Å². The Hall–Kier alpha value is -1.26. The summed E-state index contributed by atoms with van der Waals surface area (Å²) in [7, 11) is 1.98. The molecule has 0 N–H and O–H groups in total. The van der Waals surface area contributed by atoms with Crippen LogP contribution in [0.15, 0.2) is 12.7 Å². The zero-order chi connectivity index (χ0) is 19.3. The minimum atomic E-state index is -2.67. The number of rotatable bonds is 14. The molecule has 0 aliphatic heterocycles. The Morgan fingerprint density at radius 3 is 2.20 bits per heavy atom. The first-order valence-electron chi connectivity index (χ1n) is 8.11. The van der Waals surface area contributed by atoms with Crippen LogP contribution >= 0.6 is 0 Å². The van der Waals surface area contributed by atoms with Crippen LogP contribution < -0.4 is 0 Å². The molecular weight excluding hydrogens is 346 g/mol. The Morgan fingerprint density at radius 1 is 1.16 bits per heavy atom. The van der Waals surface area contributed by atoms with Gasteiger partial charge in [0, 0.05) is 47.8 Å². The fourth-order valence-corrected chi connectivity index (χ4v) is 4.01. The fourth-order valence-electron chi connectivity index (χ4n) is 2.31. The van der Waals surface area contributed by atoms with E-state index in [2.05, 4.69) is 6.58 Å². The summed E-state index contributed by atoms with van der Waals surface area (Å²) < 4.78 is 26.7. The highest BCUT2D eigenvalue weighted by Crippen LogP contribution is 2.15. The average Bonchev–Trinajstić information content (AvgIpc) is 2.57. The smallest absolute Gasteiger partial charge is 0.458 e. The summed E-state index contributed by atoms with van der Waals surface area (Å²) in [5.41, 5.74) is 0. The van der Waals surface area contributed by atoms with Gasteiger partial charge >= 0.3 is 14.8 Å². The summed E-state index contributed by atoms with van der Waals surface area (Å²) in [4.78, 5) is 24.8. The molecule has 0 radical (unpaired) electrons. The van der Waals surface area contributed by atoms with Crippen molar-refractivity contribution < 1.29 is 32.3 Å². The van der Waals surface area contributed by atoms with E-state index >= 15 is 0 Å². The van der Waals surface area contributed by atoms with Gasteiger partial charge in [0.05, 0.1) is 19.8 Å². The lowest BCUT2D eigenvalue weighted by atomic mass is 10.3. The number of carbonyl (C=O) groups excluding carboxylic acids is 2. The van der Waals surface area contributed by atoms with E-state index in [0.29, 0.717) is 25.6 Å². The normalized spacial score (nSPS) is 12.5. The zero-order valence-corrected chi connectivity index (χ0v) is 16.9. The third-order valence-electron chi connectivity index (χ3n) is 3.59. The highest BCUT2D eigenvalue weighted by molar-refractivity contribution is 6.60. The maximum absolute atomic E-state index is 11.9. The van der Waals surface area contributed by atoms with Gasteiger partial charge in [0.1, 0.15) is 6.10 Å². The molecule has 25 heavy (non-hydrogen) atoms. The predicted molar refractivity (Wildman–Crippen MR) is 95.0 cm³/mol. The predicted octanol–water partition coefficient (Wildman–Crippen LogP) is 1.24. The molecule has 0 rings (SSSR count). The van der Waals surface area contributed by atoms with Crippen molar-refractivity contribution in [2.45, 2.75) is 32.4 Å². The summed E-state index contributed by atoms with van der Waals surface area (Å²) >= 11 is 0. The molecule has 1 amide bonds. The molecule has 0 saturated heterocycles. The third-order valence-corrected chi connectivity index (χ3v) is 6.42. The molecule has 0 aromatic rings. The standard InChI is InChI=1S/C16H31NO7Si/c1-7-10-23-13-16(24-15(3)19)12-17(14(2)18)9-8-11-25(20-4,21-5)22-6/h7,16H,1,8-13H2,2-6H3. The second-order valence-corrected chi connectivity index (χ2v) is 8.51. The molecule has 1 unspecified atom stereocenters. The maximum Gasteiger partial charge on any atom is 0.500 e. The Kier molecular flexibility index (Phi) is 12.4. The molecular formula is C16H31NO7Si. The molecule has 0 aromatic carbocycles. The molecule has 146 valence electrons. The molecule has 0 aromatic heterocycles. The Bertz CT molecular complexity index is 407. The van der Waals surface area contributed by atoms with Gasteiger partial charge in [-0.1, -0.05) is 6.08 Å². The highest BCUT2D eigenvalue weighted by Gasteiger charge is 2.37. The summed E-state index contributed by atoms with van der Waals surface area (Å²) in [6, 6.07) is 0.575. The van der Waals surface area contributed by atoms with E-state index in [-0.39, 0.29) is 19.1 Å². The number of amides is 1. The van der Waals surface area contributed by atoms with Crippen LogP contribution in [0.3, 0.4) is 0 Å². The summed E-state index contributed by atoms with van der Waals surface area (Å²) in [6.45, 7) is 7.64. The molecule has 0 aliphatic carbocycles. The van der Waals surface area contributed by atoms with E-state index in [4.69, 9.17) is 22.8 Å². The molecule has 0 saturated carbocycles. The monoisotopic (exact) mass is 377 g/mol. The van der Waals surface area contributed by atoms with Crippen molar-refractivity contribution in [1.29, 1.82) is 0 Å². The number of carbonyl (C=O) groups is 2. The largest absolute Gasteiger partial charge is 0.500 e. The van der Waals surface area contributed by atoms with Crippen molar-refractivity contribution in [3.8, 4) is 0 Å². The first-order chi connectivity index (χ1) is 11.8. The van der Waals surface area contributed by atoms with Crippen molar-refractivity contribution in [2.24, 2.45) is 0 Å². The number of hydrogen-bond acceptors (Lipinski definition) is 7. The van der Waals surface area contributed by atoms with Gasteiger partial charge in [0.25, 0.3) is 0 Å². The van der Waals surface area contributed by atoms with E-state index in [1.54, 1.807) is 32.3 Å². The third kappa shape index (κ3) is 9.71. The number of ether oxygens (including phenoxy) is 2. The number of hydrogen-bond donors (Lipinski definition) is 0. The zero-order valence-electron chi connectivity index (χ0n) is 15.9. The molecule has 0 spiro atoms. The molecule has 0 aliphatic rings. The second-order valence-electron chi connectivity index (χ2n) is 5.42. The van der Waals surface area contributed by atoms with Crippen LogP contribution in [-0.2, 0) is 32.3 Å². The van der Waals surface area contributed by atoms with Gasteiger partial charge in [0.2, 0.25) is 5.91 Å². The minimum absolute atomic E-state index is 0.111. The van der Waals surface area contributed by atoms with Gasteiger partial charge in [-0.15, -0.1) is 6.58 Å². The van der Waals surface area contributed by atoms with Gasteiger partial charge in [-0.25, -0.2) is 0 Å². The molecule has 0 fully saturated rings. The van der Waals surface area contributed by atoms with E-state index < -0.39 is 20.9 Å². The van der Waals surface area contributed by atoms with Gasteiger partial charge in [-0.05, 0) is 6.42 Å². The van der Waals surface area contributed by atoms with Gasteiger partial charge in [0.15, 0.2) is 0 Å². The van der Waals surface area contributed by atoms with Crippen molar-refractivity contribution in [3.63, 3.8) is 0 Å². The van der Waals surface area contributed by atoms with Crippen LogP contribution in [-0.4, -0.2) is 79.3 Å². The van der Waals surface area contributed by atoms with E-state index in [1.807, 2.05) is 0 Å². The van der Waals surface area contributed by atoms with E-state index in [0.717, 1.165) is 0 Å². The van der Waals surface area contributed by atoms with Crippen LogP contribution in [0.25, 0.3) is 0 Å². The fraction of sp³-hybridized carbons (Fsp3) is 0.750. The van der Waals surface area contributed by atoms with Crippen LogP contribution in [0.2, 0.25) is 6.04 Å². The highest BCUT2D eigenvalue weighted by atomic mass is 28.4. The summed E-state index contributed by atoms with van der Waals surface area (Å²) in [5, 5.41) is 0. The molecule has 8 nitrogen and oxygen atoms in total. The molecule has 0 heterocycles. The van der Waals surface area contributed by atoms with Gasteiger partial charge < -0.3 is 27.7 Å². The summed E-state index contributed by atoms with van der Waals surface area (Å²) in [6.07, 6.45) is 1.72. The first-order valence-corrected chi connectivity index (χ1v) is 10.0. The first kappa shape index (κ1) is 23.7. The SMILES string of the molecule is C=CCOCC(CN(CCC[Si](OC)(OC)OC)C(C)=O)OC(C)=O. The second kappa shape index (κ2) is 13.0. The van der Waals surface area contributed by atoms with Crippen LogP contribution in [0.4, 0.5) is 0 Å². The van der Waals surface area contributed by atoms with Crippen molar-refractivity contribution >= 4 is 20.7 Å². The van der Waals surface area contributed by atoms with E-state index in [1.165, 1.54) is 13.8 Å². The van der Waals surface area contributed by atoms with Crippen LogP contribution in [0.1, 0.15) is 20.3 Å². The van der Waals surface area contributed by atoms with E-state index in [9.17, 15) is 9.59 Å². The quantitative estimate of drug-likeness (QED) is 0.195. The number of esters is 1.